The fraction of sp³-hybridized carbons (Fsp3) is 0.655. The van der Waals surface area contributed by atoms with Crippen LogP contribution in [0.4, 0.5) is 0 Å². The summed E-state index contributed by atoms with van der Waals surface area (Å²) in [4.78, 5) is 58.8. The molecule has 1 aromatic carbocycles. The second-order valence-electron chi connectivity index (χ2n) is 12.0. The van der Waals surface area contributed by atoms with Crippen LogP contribution in [0.25, 0.3) is 0 Å². The first-order valence-corrected chi connectivity index (χ1v) is 14.7. The third-order valence-electron chi connectivity index (χ3n) is 9.40. The maximum Gasteiger partial charge on any atom is 0.249 e. The Morgan fingerprint density at radius 3 is 2.43 bits per heavy atom. The van der Waals surface area contributed by atoms with Gasteiger partial charge in [0.15, 0.2) is 0 Å². The normalized spacial score (nSPS) is 34.4. The number of likely N-dealkylation sites (tertiary alicyclic amines) is 1. The van der Waals surface area contributed by atoms with Gasteiger partial charge in [0.1, 0.15) is 31.0 Å². The van der Waals surface area contributed by atoms with E-state index in [0.717, 1.165) is 12.8 Å². The molecule has 13 nitrogen and oxygen atoms in total. The molecule has 4 amide bonds. The summed E-state index contributed by atoms with van der Waals surface area (Å²) in [6, 6.07) is 6.56. The van der Waals surface area contributed by atoms with Crippen molar-refractivity contribution in [2.24, 2.45) is 0 Å². The van der Waals surface area contributed by atoms with Gasteiger partial charge in [0.25, 0.3) is 0 Å². The zero-order valence-corrected chi connectivity index (χ0v) is 23.7. The lowest BCUT2D eigenvalue weighted by atomic mass is 10.0. The van der Waals surface area contributed by atoms with E-state index in [1.54, 1.807) is 4.90 Å². The van der Waals surface area contributed by atoms with E-state index in [0.29, 0.717) is 13.0 Å². The highest BCUT2D eigenvalue weighted by Crippen LogP contribution is 2.32. The minimum atomic E-state index is -1.30. The number of nitrogens with one attached hydrogen (secondary N) is 2. The van der Waals surface area contributed by atoms with Crippen molar-refractivity contribution < 1.29 is 38.9 Å². The third kappa shape index (κ3) is 5.51. The maximum absolute atomic E-state index is 14.2. The van der Waals surface area contributed by atoms with Crippen LogP contribution >= 0.6 is 0 Å². The number of carbonyl (C=O) groups excluding carboxylic acids is 4. The van der Waals surface area contributed by atoms with Gasteiger partial charge in [0.05, 0.1) is 25.1 Å². The van der Waals surface area contributed by atoms with Crippen LogP contribution in [0.2, 0.25) is 0 Å². The number of ether oxygens (including phenoxy) is 2. The van der Waals surface area contributed by atoms with Crippen molar-refractivity contribution in [3.05, 3.63) is 35.4 Å². The van der Waals surface area contributed by atoms with E-state index in [1.165, 1.54) is 23.1 Å². The number of rotatable bonds is 3. The molecule has 42 heavy (non-hydrogen) atoms. The van der Waals surface area contributed by atoms with E-state index in [1.807, 2.05) is 12.1 Å². The monoisotopic (exact) mass is 585 g/mol. The molecule has 5 aliphatic rings. The van der Waals surface area contributed by atoms with Gasteiger partial charge in [-0.2, -0.15) is 0 Å². The zero-order valence-electron chi connectivity index (χ0n) is 23.7. The lowest BCUT2D eigenvalue weighted by Crippen LogP contribution is -2.64. The molecule has 0 spiro atoms. The molecule has 0 radical (unpaired) electrons. The van der Waals surface area contributed by atoms with Crippen LogP contribution in [0, 0.1) is 0 Å². The Morgan fingerprint density at radius 2 is 1.71 bits per heavy atom. The Balaban J connectivity index is 1.29. The number of benzene rings is 1. The molecule has 0 aromatic heterocycles. The molecule has 7 atom stereocenters. The average Bonchev–Trinajstić information content (AvgIpc) is 3.67. The summed E-state index contributed by atoms with van der Waals surface area (Å²) in [5.74, 6) is -1.31. The Morgan fingerprint density at radius 1 is 1.00 bits per heavy atom. The van der Waals surface area contributed by atoms with Gasteiger partial charge in [-0.25, -0.2) is 0 Å². The number of aliphatic hydroxyl groups is 2. The molecule has 228 valence electrons. The molecule has 4 saturated heterocycles. The molecule has 4 aliphatic heterocycles. The van der Waals surface area contributed by atoms with E-state index in [4.69, 9.17) is 9.47 Å². The first-order valence-electron chi connectivity index (χ1n) is 14.7. The largest absolute Gasteiger partial charge is 0.388 e. The van der Waals surface area contributed by atoms with Gasteiger partial charge in [-0.05, 0) is 30.4 Å². The molecule has 13 heteroatoms. The van der Waals surface area contributed by atoms with Crippen molar-refractivity contribution in [1.82, 2.24) is 25.3 Å². The summed E-state index contributed by atoms with van der Waals surface area (Å²) in [7, 11) is 1.41. The van der Waals surface area contributed by atoms with Gasteiger partial charge in [-0.3, -0.25) is 24.1 Å². The van der Waals surface area contributed by atoms with Crippen LogP contribution in [-0.4, -0.2) is 144 Å². The van der Waals surface area contributed by atoms with Gasteiger partial charge < -0.3 is 40.1 Å². The quantitative estimate of drug-likeness (QED) is 0.298. The second-order valence-corrected chi connectivity index (χ2v) is 12.0. The summed E-state index contributed by atoms with van der Waals surface area (Å²) >= 11 is 0. The van der Waals surface area contributed by atoms with Crippen LogP contribution in [-0.2, 0) is 41.5 Å². The molecular formula is C29H39N5O8. The van der Waals surface area contributed by atoms with Gasteiger partial charge >= 0.3 is 0 Å². The summed E-state index contributed by atoms with van der Waals surface area (Å²) in [5.41, 5.74) is 2.50. The van der Waals surface area contributed by atoms with Crippen LogP contribution in [0.1, 0.15) is 24.0 Å². The minimum absolute atomic E-state index is 0.00566. The van der Waals surface area contributed by atoms with Crippen LogP contribution in [0.3, 0.4) is 0 Å². The highest BCUT2D eigenvalue weighted by molar-refractivity contribution is 5.90. The van der Waals surface area contributed by atoms with Gasteiger partial charge in [-0.15, -0.1) is 0 Å². The lowest BCUT2D eigenvalue weighted by Gasteiger charge is -2.42. The Hall–Kier alpha value is -3.10. The first-order chi connectivity index (χ1) is 20.2. The van der Waals surface area contributed by atoms with Gasteiger partial charge in [0, 0.05) is 45.4 Å². The predicted octanol–water partition coefficient (Wildman–Crippen LogP) is -2.59. The number of aliphatic hydroxyl groups excluding tert-OH is 2. The molecule has 6 rings (SSSR count). The van der Waals surface area contributed by atoms with Crippen LogP contribution in [0.15, 0.2) is 24.3 Å². The Bertz CT molecular complexity index is 1210. The summed E-state index contributed by atoms with van der Waals surface area (Å²) in [5, 5.41) is 26.9. The van der Waals surface area contributed by atoms with Crippen LogP contribution < -0.4 is 10.6 Å². The Labute approximate surface area is 244 Å². The van der Waals surface area contributed by atoms with Crippen molar-refractivity contribution in [3.63, 3.8) is 0 Å². The number of nitrogens with zero attached hydrogens (tertiary/aromatic N) is 3. The topological polar surface area (TPSA) is 161 Å². The summed E-state index contributed by atoms with van der Waals surface area (Å²) in [6.45, 7) is 0.588. The van der Waals surface area contributed by atoms with Crippen molar-refractivity contribution in [2.45, 2.75) is 74.3 Å². The number of hydrogen-bond donors (Lipinski definition) is 4. The number of carbonyl (C=O) groups is 4. The van der Waals surface area contributed by atoms with E-state index >= 15 is 0 Å². The van der Waals surface area contributed by atoms with E-state index in [2.05, 4.69) is 27.7 Å². The number of fused-ring (bicyclic) bond motifs is 7. The predicted molar refractivity (Wildman–Crippen MR) is 147 cm³/mol. The SMILES string of the molecule is COCC(=O)N1CCN2C[C@H]1C(=O)NC[C@H]1O[C@@H](CC(=O)N[C@H]3C[C@@H](C2=O)N(C2Cc4ccccc4C2)C3)[C@H](O)[C@@H]1O. The van der Waals surface area contributed by atoms with Crippen molar-refractivity contribution in [1.29, 1.82) is 0 Å². The molecular weight excluding hydrogens is 546 g/mol. The lowest BCUT2D eigenvalue weighted by molar-refractivity contribution is -0.152. The van der Waals surface area contributed by atoms with Crippen molar-refractivity contribution in [3.8, 4) is 0 Å². The molecule has 6 bridgehead atoms. The highest BCUT2D eigenvalue weighted by Gasteiger charge is 2.48. The summed E-state index contributed by atoms with van der Waals surface area (Å²) < 4.78 is 10.8. The highest BCUT2D eigenvalue weighted by atomic mass is 16.5. The van der Waals surface area contributed by atoms with E-state index in [9.17, 15) is 29.4 Å². The maximum atomic E-state index is 14.2. The van der Waals surface area contributed by atoms with E-state index in [-0.39, 0.29) is 69.0 Å². The average molecular weight is 586 g/mol. The van der Waals surface area contributed by atoms with E-state index < -0.39 is 42.4 Å². The van der Waals surface area contributed by atoms with Crippen molar-refractivity contribution >= 4 is 23.6 Å². The fourth-order valence-corrected chi connectivity index (χ4v) is 7.26. The zero-order chi connectivity index (χ0) is 29.5. The first kappa shape index (κ1) is 29.0. The second kappa shape index (κ2) is 11.9. The van der Waals surface area contributed by atoms with Gasteiger partial charge in [0.2, 0.25) is 23.6 Å². The standard InChI is InChI=1S/C29H39N5O8/c1-41-15-25(36)33-7-6-32-14-21(33)28(39)30-12-23-27(38)26(37)22(42-23)11-24(35)31-18-10-20(29(32)40)34(13-18)19-8-16-4-2-3-5-17(16)9-19/h2-5,18-23,26-27,37-38H,6-15H2,1H3,(H,30,39)(H,31,35)/t18-,20-,21-,22-,23+,26-,27+/m0/s1. The van der Waals surface area contributed by atoms with Crippen molar-refractivity contribution in [2.75, 3.05) is 46.4 Å². The van der Waals surface area contributed by atoms with Gasteiger partial charge in [-0.1, -0.05) is 24.3 Å². The molecule has 1 aromatic rings. The fourth-order valence-electron chi connectivity index (χ4n) is 7.26. The Kier molecular flexibility index (Phi) is 8.20. The minimum Gasteiger partial charge on any atom is -0.388 e. The number of piperazine rings is 1. The molecule has 0 saturated carbocycles. The number of methoxy groups -OCH3 is 1. The number of amides is 4. The smallest absolute Gasteiger partial charge is 0.249 e. The summed E-state index contributed by atoms with van der Waals surface area (Å²) in [6.07, 6.45) is -2.65. The molecule has 4 heterocycles. The molecule has 4 N–H and O–H groups in total. The van der Waals surface area contributed by atoms with Crippen LogP contribution in [0.5, 0.6) is 0 Å². The molecule has 1 aliphatic carbocycles. The molecule has 0 unspecified atom stereocenters. The molecule has 4 fully saturated rings. The third-order valence-corrected chi connectivity index (χ3v) is 9.40. The number of hydrogen-bond acceptors (Lipinski definition) is 9.